The summed E-state index contributed by atoms with van der Waals surface area (Å²) < 4.78 is 0.622. The molecule has 0 spiro atoms. The number of carboxylic acids is 1. The molecule has 0 radical (unpaired) electrons. The average Bonchev–Trinajstić information content (AvgIpc) is 2.41. The monoisotopic (exact) mass is 242 g/mol. The molecule has 0 aromatic carbocycles. The fourth-order valence-corrected chi connectivity index (χ4v) is 2.69. The van der Waals surface area contributed by atoms with Crippen LogP contribution in [0.3, 0.4) is 0 Å². The van der Waals surface area contributed by atoms with Crippen molar-refractivity contribution in [3.63, 3.8) is 0 Å². The Morgan fingerprint density at radius 2 is 2.33 bits per heavy atom. The van der Waals surface area contributed by atoms with Crippen LogP contribution in [0.4, 0.5) is 5.00 Å². The fourth-order valence-electron chi connectivity index (χ4n) is 1.42. The minimum absolute atomic E-state index is 0.113. The first-order valence-corrected chi connectivity index (χ1v) is 5.28. The lowest BCUT2D eigenvalue weighted by Gasteiger charge is -1.97. The standard InChI is InChI=1S/C9H7ClN2O2S/c1-3-2-4-5(9(13)14)8(11)15-6(4)7(10)12-3/h2H,11H2,1H3,(H,13,14). The highest BCUT2D eigenvalue weighted by Crippen LogP contribution is 2.37. The predicted octanol–water partition coefficient (Wildman–Crippen LogP) is 2.54. The van der Waals surface area contributed by atoms with E-state index in [4.69, 9.17) is 22.4 Å². The van der Waals surface area contributed by atoms with Crippen molar-refractivity contribution in [1.82, 2.24) is 4.98 Å². The molecule has 0 amide bonds. The van der Waals surface area contributed by atoms with Crippen LogP contribution in [-0.2, 0) is 0 Å². The average molecular weight is 243 g/mol. The van der Waals surface area contributed by atoms with Gasteiger partial charge in [0.25, 0.3) is 0 Å². The number of pyridine rings is 1. The Kier molecular flexibility index (Phi) is 2.28. The molecule has 15 heavy (non-hydrogen) atoms. The number of anilines is 1. The summed E-state index contributed by atoms with van der Waals surface area (Å²) in [6, 6.07) is 1.68. The van der Waals surface area contributed by atoms with Crippen LogP contribution in [0.5, 0.6) is 0 Å². The van der Waals surface area contributed by atoms with Gasteiger partial charge in [-0.15, -0.1) is 11.3 Å². The van der Waals surface area contributed by atoms with Crippen LogP contribution in [0.2, 0.25) is 5.15 Å². The van der Waals surface area contributed by atoms with Crippen molar-refractivity contribution in [3.05, 3.63) is 22.5 Å². The van der Waals surface area contributed by atoms with Crippen LogP contribution in [0.15, 0.2) is 6.07 Å². The molecular formula is C9H7ClN2O2S. The van der Waals surface area contributed by atoms with Crippen molar-refractivity contribution in [2.24, 2.45) is 0 Å². The zero-order valence-electron chi connectivity index (χ0n) is 7.74. The van der Waals surface area contributed by atoms with Gasteiger partial charge in [0.2, 0.25) is 0 Å². The van der Waals surface area contributed by atoms with E-state index in [1.165, 1.54) is 0 Å². The summed E-state index contributed by atoms with van der Waals surface area (Å²) in [4.78, 5) is 15.0. The van der Waals surface area contributed by atoms with Crippen LogP contribution in [0.25, 0.3) is 10.1 Å². The number of aromatic carboxylic acids is 1. The molecule has 0 saturated carbocycles. The molecule has 3 N–H and O–H groups in total. The van der Waals surface area contributed by atoms with Gasteiger partial charge < -0.3 is 10.8 Å². The number of carbonyl (C=O) groups is 1. The zero-order chi connectivity index (χ0) is 11.2. The second-order valence-corrected chi connectivity index (χ2v) is 4.49. The Bertz CT molecular complexity index is 565. The van der Waals surface area contributed by atoms with E-state index in [-0.39, 0.29) is 10.6 Å². The molecule has 0 unspecified atom stereocenters. The third kappa shape index (κ3) is 1.53. The van der Waals surface area contributed by atoms with Crippen molar-refractivity contribution in [2.75, 3.05) is 5.73 Å². The van der Waals surface area contributed by atoms with Crippen molar-refractivity contribution >= 4 is 44.0 Å². The van der Waals surface area contributed by atoms with Gasteiger partial charge in [-0.2, -0.15) is 0 Å². The highest BCUT2D eigenvalue weighted by atomic mass is 35.5. The van der Waals surface area contributed by atoms with E-state index in [2.05, 4.69) is 4.98 Å². The predicted molar refractivity (Wildman–Crippen MR) is 60.7 cm³/mol. The van der Waals surface area contributed by atoms with Crippen molar-refractivity contribution in [3.8, 4) is 0 Å². The number of carboxylic acid groups (broad SMARTS) is 1. The van der Waals surface area contributed by atoms with E-state index in [0.29, 0.717) is 20.9 Å². The number of rotatable bonds is 1. The Labute approximate surface area is 94.3 Å². The lowest BCUT2D eigenvalue weighted by atomic mass is 10.2. The minimum atomic E-state index is -1.04. The van der Waals surface area contributed by atoms with Gasteiger partial charge in [-0.3, -0.25) is 0 Å². The van der Waals surface area contributed by atoms with Crippen LogP contribution in [0, 0.1) is 6.92 Å². The Morgan fingerprint density at radius 3 is 2.93 bits per heavy atom. The van der Waals surface area contributed by atoms with Crippen molar-refractivity contribution < 1.29 is 9.90 Å². The number of aromatic nitrogens is 1. The topological polar surface area (TPSA) is 76.2 Å². The normalized spacial score (nSPS) is 10.8. The quantitative estimate of drug-likeness (QED) is 0.754. The smallest absolute Gasteiger partial charge is 0.339 e. The molecule has 2 heterocycles. The van der Waals surface area contributed by atoms with Gasteiger partial charge in [0.15, 0.2) is 0 Å². The van der Waals surface area contributed by atoms with E-state index in [1.807, 2.05) is 0 Å². The van der Waals surface area contributed by atoms with Crippen molar-refractivity contribution in [1.29, 1.82) is 0 Å². The molecule has 6 heteroatoms. The second kappa shape index (κ2) is 3.36. The van der Waals surface area contributed by atoms with E-state index >= 15 is 0 Å². The maximum atomic E-state index is 11.0. The molecule has 0 aliphatic rings. The molecule has 0 aliphatic carbocycles. The number of nitrogens with zero attached hydrogens (tertiary/aromatic N) is 1. The van der Waals surface area contributed by atoms with E-state index in [0.717, 1.165) is 11.3 Å². The fraction of sp³-hybridized carbons (Fsp3) is 0.111. The van der Waals surface area contributed by atoms with Gasteiger partial charge >= 0.3 is 5.97 Å². The summed E-state index contributed by atoms with van der Waals surface area (Å²) >= 11 is 7.05. The van der Waals surface area contributed by atoms with E-state index < -0.39 is 5.97 Å². The number of nitrogen functional groups attached to an aromatic ring is 1. The molecule has 2 aromatic heterocycles. The molecule has 2 rings (SSSR count). The van der Waals surface area contributed by atoms with Gasteiger partial charge in [-0.25, -0.2) is 9.78 Å². The van der Waals surface area contributed by atoms with Crippen LogP contribution in [-0.4, -0.2) is 16.1 Å². The number of thiophene rings is 1. The number of hydrogen-bond donors (Lipinski definition) is 2. The molecule has 4 nitrogen and oxygen atoms in total. The summed E-state index contributed by atoms with van der Waals surface area (Å²) in [6.45, 7) is 1.75. The third-order valence-electron chi connectivity index (χ3n) is 2.00. The first-order chi connectivity index (χ1) is 7.00. The maximum absolute atomic E-state index is 11.0. The lowest BCUT2D eigenvalue weighted by Crippen LogP contribution is -1.98. The van der Waals surface area contributed by atoms with Gasteiger partial charge in [-0.05, 0) is 13.0 Å². The first-order valence-electron chi connectivity index (χ1n) is 4.09. The SMILES string of the molecule is Cc1cc2c(C(=O)O)c(N)sc2c(Cl)n1. The molecule has 0 fully saturated rings. The van der Waals surface area contributed by atoms with Crippen LogP contribution in [0.1, 0.15) is 16.1 Å². The third-order valence-corrected chi connectivity index (χ3v) is 3.43. The van der Waals surface area contributed by atoms with E-state index in [1.54, 1.807) is 13.0 Å². The molecule has 0 aliphatic heterocycles. The highest BCUT2D eigenvalue weighted by Gasteiger charge is 2.18. The van der Waals surface area contributed by atoms with Crippen molar-refractivity contribution in [2.45, 2.75) is 6.92 Å². The number of halogens is 1. The second-order valence-electron chi connectivity index (χ2n) is 3.08. The summed E-state index contributed by atoms with van der Waals surface area (Å²) in [5.74, 6) is -1.04. The number of nitrogens with two attached hydrogens (primary N) is 1. The maximum Gasteiger partial charge on any atom is 0.339 e. The van der Waals surface area contributed by atoms with Gasteiger partial charge in [-0.1, -0.05) is 11.6 Å². The van der Waals surface area contributed by atoms with Gasteiger partial charge in [0.1, 0.15) is 15.7 Å². The Balaban J connectivity index is 2.93. The minimum Gasteiger partial charge on any atom is -0.478 e. The molecule has 0 saturated heterocycles. The molecule has 78 valence electrons. The zero-order valence-corrected chi connectivity index (χ0v) is 9.32. The molecular weight excluding hydrogens is 236 g/mol. The first kappa shape index (κ1) is 10.2. The largest absolute Gasteiger partial charge is 0.478 e. The molecule has 0 bridgehead atoms. The summed E-state index contributed by atoms with van der Waals surface area (Å²) in [5.41, 5.74) is 6.41. The van der Waals surface area contributed by atoms with Crippen LogP contribution < -0.4 is 5.73 Å². The van der Waals surface area contributed by atoms with E-state index in [9.17, 15) is 4.79 Å². The Morgan fingerprint density at radius 1 is 1.67 bits per heavy atom. The summed E-state index contributed by atoms with van der Waals surface area (Å²) in [6.07, 6.45) is 0. The summed E-state index contributed by atoms with van der Waals surface area (Å²) in [5, 5.41) is 10.1. The number of fused-ring (bicyclic) bond motifs is 1. The summed E-state index contributed by atoms with van der Waals surface area (Å²) in [7, 11) is 0. The number of hydrogen-bond acceptors (Lipinski definition) is 4. The Hall–Kier alpha value is -1.33. The number of aryl methyl sites for hydroxylation is 1. The van der Waals surface area contributed by atoms with Gasteiger partial charge in [0.05, 0.1) is 4.70 Å². The van der Waals surface area contributed by atoms with Gasteiger partial charge in [0, 0.05) is 11.1 Å². The van der Waals surface area contributed by atoms with Crippen LogP contribution >= 0.6 is 22.9 Å². The highest BCUT2D eigenvalue weighted by molar-refractivity contribution is 7.23. The molecule has 2 aromatic rings. The molecule has 0 atom stereocenters. The lowest BCUT2D eigenvalue weighted by molar-refractivity contribution is 0.0700.